The van der Waals surface area contributed by atoms with Gasteiger partial charge in [-0.3, -0.25) is 9.59 Å². The smallest absolute Gasteiger partial charge is 0.193 e. The lowest BCUT2D eigenvalue weighted by Crippen LogP contribution is -1.97. The van der Waals surface area contributed by atoms with Crippen LogP contribution in [-0.2, 0) is 0 Å². The molecule has 0 aliphatic carbocycles. The summed E-state index contributed by atoms with van der Waals surface area (Å²) in [6.07, 6.45) is 2.50. The van der Waals surface area contributed by atoms with E-state index in [1.165, 1.54) is 12.2 Å². The zero-order valence-corrected chi connectivity index (χ0v) is 8.69. The maximum atomic E-state index is 11.4. The summed E-state index contributed by atoms with van der Waals surface area (Å²) in [4.78, 5) is 22.8. The standard InChI is InChI=1S/C14H10O2/c1-3-5-13(15)11-7-9-12(10-8-11)14(16)6-4-2/h5-10H,1-2H2. The SMILES string of the molecule is C=C=CC(=O)c1ccc(C(=O)C=C=C)cc1. The van der Waals surface area contributed by atoms with Crippen molar-refractivity contribution in [3.63, 3.8) is 0 Å². The summed E-state index contributed by atoms with van der Waals surface area (Å²) in [6.45, 7) is 6.64. The molecule has 0 atom stereocenters. The fraction of sp³-hybridized carbons (Fsp3) is 0. The Kier molecular flexibility index (Phi) is 3.99. The first kappa shape index (κ1) is 11.7. The van der Waals surface area contributed by atoms with Crippen LogP contribution in [0.3, 0.4) is 0 Å². The molecule has 0 fully saturated rings. The fourth-order valence-electron chi connectivity index (χ4n) is 1.15. The highest BCUT2D eigenvalue weighted by molar-refractivity contribution is 6.07. The number of carbonyl (C=O) groups excluding carboxylic acids is 2. The van der Waals surface area contributed by atoms with E-state index < -0.39 is 0 Å². The minimum Gasteiger partial charge on any atom is -0.289 e. The second-order valence-electron chi connectivity index (χ2n) is 3.00. The highest BCUT2D eigenvalue weighted by Gasteiger charge is 2.04. The van der Waals surface area contributed by atoms with Gasteiger partial charge in [-0.2, -0.15) is 0 Å². The molecule has 2 heteroatoms. The summed E-state index contributed by atoms with van der Waals surface area (Å²) in [6, 6.07) is 6.33. The van der Waals surface area contributed by atoms with Crippen LogP contribution in [0, 0.1) is 0 Å². The second-order valence-corrected chi connectivity index (χ2v) is 3.00. The summed E-state index contributed by atoms with van der Waals surface area (Å²) < 4.78 is 0. The van der Waals surface area contributed by atoms with E-state index in [0.717, 1.165) is 0 Å². The van der Waals surface area contributed by atoms with E-state index >= 15 is 0 Å². The van der Waals surface area contributed by atoms with Gasteiger partial charge >= 0.3 is 0 Å². The molecule has 0 saturated carbocycles. The molecule has 0 unspecified atom stereocenters. The molecule has 0 spiro atoms. The molecule has 0 aliphatic heterocycles. The molecule has 78 valence electrons. The van der Waals surface area contributed by atoms with Gasteiger partial charge in [-0.25, -0.2) is 0 Å². The first-order valence-corrected chi connectivity index (χ1v) is 4.59. The van der Waals surface area contributed by atoms with Crippen molar-refractivity contribution in [3.8, 4) is 0 Å². The van der Waals surface area contributed by atoms with Gasteiger partial charge in [0.15, 0.2) is 11.6 Å². The third kappa shape index (κ3) is 2.79. The van der Waals surface area contributed by atoms with Crippen LogP contribution in [0.1, 0.15) is 20.7 Å². The largest absolute Gasteiger partial charge is 0.289 e. The maximum absolute atomic E-state index is 11.4. The molecule has 0 bridgehead atoms. The van der Waals surface area contributed by atoms with Crippen molar-refractivity contribution in [1.29, 1.82) is 0 Å². The predicted octanol–water partition coefficient (Wildman–Crippen LogP) is 2.73. The molecule has 16 heavy (non-hydrogen) atoms. The Balaban J connectivity index is 2.99. The average molecular weight is 210 g/mol. The van der Waals surface area contributed by atoms with Crippen molar-refractivity contribution in [2.45, 2.75) is 0 Å². The molecule has 0 aliphatic rings. The van der Waals surface area contributed by atoms with Crippen molar-refractivity contribution < 1.29 is 9.59 Å². The van der Waals surface area contributed by atoms with E-state index in [4.69, 9.17) is 0 Å². The number of hydrogen-bond donors (Lipinski definition) is 0. The Morgan fingerprint density at radius 1 is 0.875 bits per heavy atom. The van der Waals surface area contributed by atoms with E-state index in [1.807, 2.05) is 0 Å². The lowest BCUT2D eigenvalue weighted by Gasteiger charge is -1.97. The fourth-order valence-corrected chi connectivity index (χ4v) is 1.15. The van der Waals surface area contributed by atoms with E-state index in [-0.39, 0.29) is 11.6 Å². The number of allylic oxidation sites excluding steroid dienone is 2. The van der Waals surface area contributed by atoms with Crippen LogP contribution in [0.15, 0.2) is 61.0 Å². The van der Waals surface area contributed by atoms with Gasteiger partial charge in [0.1, 0.15) is 0 Å². The van der Waals surface area contributed by atoms with Gasteiger partial charge in [0, 0.05) is 23.3 Å². The molecule has 1 rings (SSSR count). The van der Waals surface area contributed by atoms with Crippen LogP contribution >= 0.6 is 0 Å². The molecule has 0 amide bonds. The van der Waals surface area contributed by atoms with Crippen LogP contribution in [0.2, 0.25) is 0 Å². The molecule has 1 aromatic rings. The summed E-state index contributed by atoms with van der Waals surface area (Å²) >= 11 is 0. The number of hydrogen-bond acceptors (Lipinski definition) is 2. The molecule has 0 aromatic heterocycles. The predicted molar refractivity (Wildman–Crippen MR) is 62.5 cm³/mol. The van der Waals surface area contributed by atoms with Crippen molar-refractivity contribution >= 4 is 11.6 Å². The lowest BCUT2D eigenvalue weighted by molar-refractivity contribution is 0.103. The maximum Gasteiger partial charge on any atom is 0.193 e. The molecular weight excluding hydrogens is 200 g/mol. The van der Waals surface area contributed by atoms with E-state index in [2.05, 4.69) is 24.6 Å². The Hall–Kier alpha value is -2.40. The summed E-state index contributed by atoms with van der Waals surface area (Å²) in [5.41, 5.74) is 5.81. The first-order chi connectivity index (χ1) is 7.69. The molecule has 1 aromatic carbocycles. The van der Waals surface area contributed by atoms with Crippen molar-refractivity contribution in [1.82, 2.24) is 0 Å². The third-order valence-corrected chi connectivity index (χ3v) is 1.92. The van der Waals surface area contributed by atoms with E-state index in [9.17, 15) is 9.59 Å². The van der Waals surface area contributed by atoms with Crippen molar-refractivity contribution in [3.05, 3.63) is 72.2 Å². The summed E-state index contributed by atoms with van der Waals surface area (Å²) in [5.74, 6) is -0.374. The van der Waals surface area contributed by atoms with E-state index in [1.54, 1.807) is 24.3 Å². The van der Waals surface area contributed by atoms with Gasteiger partial charge in [-0.1, -0.05) is 37.4 Å². The summed E-state index contributed by atoms with van der Waals surface area (Å²) in [5, 5.41) is 0. The van der Waals surface area contributed by atoms with Crippen molar-refractivity contribution in [2.24, 2.45) is 0 Å². The second kappa shape index (κ2) is 5.47. The van der Waals surface area contributed by atoms with Crippen LogP contribution < -0.4 is 0 Å². The van der Waals surface area contributed by atoms with Gasteiger partial charge in [0.2, 0.25) is 0 Å². The zero-order valence-electron chi connectivity index (χ0n) is 8.69. The van der Waals surface area contributed by atoms with Gasteiger partial charge in [-0.05, 0) is 0 Å². The highest BCUT2D eigenvalue weighted by Crippen LogP contribution is 2.07. The van der Waals surface area contributed by atoms with Crippen LogP contribution in [0.5, 0.6) is 0 Å². The normalized spacial score (nSPS) is 8.50. The summed E-state index contributed by atoms with van der Waals surface area (Å²) in [7, 11) is 0. The number of carbonyl (C=O) groups is 2. The molecule has 2 nitrogen and oxygen atoms in total. The molecule has 0 radical (unpaired) electrons. The van der Waals surface area contributed by atoms with Gasteiger partial charge in [0.05, 0.1) is 0 Å². The Morgan fingerprint density at radius 3 is 1.44 bits per heavy atom. The number of benzene rings is 1. The highest BCUT2D eigenvalue weighted by atomic mass is 16.1. The zero-order chi connectivity index (χ0) is 12.0. The van der Waals surface area contributed by atoms with Gasteiger partial charge in [-0.15, -0.1) is 11.5 Å². The third-order valence-electron chi connectivity index (χ3n) is 1.92. The topological polar surface area (TPSA) is 34.1 Å². The Morgan fingerprint density at radius 2 is 1.19 bits per heavy atom. The minimum absolute atomic E-state index is 0.187. The molecular formula is C14H10O2. The van der Waals surface area contributed by atoms with Gasteiger partial charge < -0.3 is 0 Å². The average Bonchev–Trinajstić information content (AvgIpc) is 2.30. The minimum atomic E-state index is -0.187. The van der Waals surface area contributed by atoms with Crippen molar-refractivity contribution in [2.75, 3.05) is 0 Å². The van der Waals surface area contributed by atoms with E-state index in [0.29, 0.717) is 11.1 Å². The van der Waals surface area contributed by atoms with Crippen LogP contribution in [-0.4, -0.2) is 11.6 Å². The Labute approximate surface area is 93.9 Å². The molecule has 0 saturated heterocycles. The first-order valence-electron chi connectivity index (χ1n) is 4.59. The quantitative estimate of drug-likeness (QED) is 0.435. The number of ketones is 2. The van der Waals surface area contributed by atoms with Gasteiger partial charge in [0.25, 0.3) is 0 Å². The monoisotopic (exact) mass is 210 g/mol. The number of rotatable bonds is 4. The lowest BCUT2D eigenvalue weighted by atomic mass is 10.1. The Bertz CT molecular complexity index is 459. The molecule has 0 N–H and O–H groups in total. The van der Waals surface area contributed by atoms with Crippen LogP contribution in [0.4, 0.5) is 0 Å². The molecule has 0 heterocycles. The van der Waals surface area contributed by atoms with Crippen LogP contribution in [0.25, 0.3) is 0 Å².